The molecule has 0 heterocycles. The van der Waals surface area contributed by atoms with Gasteiger partial charge in [0.15, 0.2) is 0 Å². The number of rotatable bonds is 11. The van der Waals surface area contributed by atoms with Crippen molar-refractivity contribution in [1.29, 1.82) is 0 Å². The van der Waals surface area contributed by atoms with Crippen molar-refractivity contribution < 1.29 is 20.4 Å². The van der Waals surface area contributed by atoms with Crippen molar-refractivity contribution in [3.63, 3.8) is 0 Å². The van der Waals surface area contributed by atoms with Crippen LogP contribution in [-0.2, 0) is 0 Å². The van der Waals surface area contributed by atoms with Gasteiger partial charge in [-0.25, -0.2) is 0 Å². The number of unbranched alkanes of at least 4 members (excludes halogenated alkanes) is 1. The Kier molecular flexibility index (Phi) is 19.2. The van der Waals surface area contributed by atoms with Gasteiger partial charge in [-0.3, -0.25) is 0 Å². The first-order valence-corrected chi connectivity index (χ1v) is 8.03. The van der Waals surface area contributed by atoms with Crippen molar-refractivity contribution in [3.8, 4) is 0 Å². The Morgan fingerprint density at radius 1 is 0.955 bits per heavy atom. The van der Waals surface area contributed by atoms with Gasteiger partial charge < -0.3 is 20.4 Å². The minimum Gasteiger partial charge on any atom is -0.396 e. The van der Waals surface area contributed by atoms with Gasteiger partial charge in [0.2, 0.25) is 0 Å². The summed E-state index contributed by atoms with van der Waals surface area (Å²) in [5.41, 5.74) is 0. The van der Waals surface area contributed by atoms with Crippen LogP contribution in [0.3, 0.4) is 0 Å². The lowest BCUT2D eigenvalue weighted by Gasteiger charge is -2.02. The molecule has 0 aliphatic rings. The van der Waals surface area contributed by atoms with E-state index in [0.717, 1.165) is 25.7 Å². The monoisotopic (exact) mass is 314 g/mol. The largest absolute Gasteiger partial charge is 0.396 e. The van der Waals surface area contributed by atoms with Crippen LogP contribution in [-0.4, -0.2) is 45.3 Å². The van der Waals surface area contributed by atoms with Crippen LogP contribution in [0, 0.1) is 0 Å². The van der Waals surface area contributed by atoms with Gasteiger partial charge >= 0.3 is 0 Å². The minimum atomic E-state index is -0.389. The molecule has 0 aromatic carbocycles. The van der Waals surface area contributed by atoms with Crippen LogP contribution in [0.1, 0.15) is 52.4 Å². The van der Waals surface area contributed by atoms with Gasteiger partial charge in [-0.1, -0.05) is 37.0 Å². The summed E-state index contributed by atoms with van der Waals surface area (Å²) in [6, 6.07) is 0. The second kappa shape index (κ2) is 18.1. The molecule has 0 aromatic heterocycles. The summed E-state index contributed by atoms with van der Waals surface area (Å²) in [5.74, 6) is 0. The predicted molar refractivity (Wildman–Crippen MR) is 92.6 cm³/mol. The second-order valence-electron chi connectivity index (χ2n) is 5.39. The summed E-state index contributed by atoms with van der Waals surface area (Å²) in [6.07, 6.45) is 12.9. The zero-order chi connectivity index (χ0) is 17.2. The molecule has 0 bridgehead atoms. The molecule has 0 radical (unpaired) electrons. The lowest BCUT2D eigenvalue weighted by molar-refractivity contribution is 0.185. The first-order valence-electron chi connectivity index (χ1n) is 8.03. The van der Waals surface area contributed by atoms with Crippen LogP contribution in [0.25, 0.3) is 0 Å². The molecule has 0 aromatic rings. The highest BCUT2D eigenvalue weighted by Crippen LogP contribution is 2.01. The average molecular weight is 314 g/mol. The normalized spacial score (nSPS) is 15.4. The van der Waals surface area contributed by atoms with E-state index in [2.05, 4.69) is 6.58 Å². The smallest absolute Gasteiger partial charge is 0.0724 e. The molecule has 3 unspecified atom stereocenters. The fourth-order valence-electron chi connectivity index (χ4n) is 1.52. The highest BCUT2D eigenvalue weighted by Gasteiger charge is 1.96. The maximum atomic E-state index is 9.19. The van der Waals surface area contributed by atoms with Crippen molar-refractivity contribution in [3.05, 3.63) is 37.0 Å². The van der Waals surface area contributed by atoms with Crippen LogP contribution >= 0.6 is 0 Å². The zero-order valence-electron chi connectivity index (χ0n) is 14.1. The molecule has 0 aliphatic carbocycles. The van der Waals surface area contributed by atoms with Gasteiger partial charge in [-0.2, -0.15) is 0 Å². The maximum Gasteiger partial charge on any atom is 0.0724 e. The molecule has 3 atom stereocenters. The third kappa shape index (κ3) is 24.1. The van der Waals surface area contributed by atoms with Crippen molar-refractivity contribution in [1.82, 2.24) is 0 Å². The summed E-state index contributed by atoms with van der Waals surface area (Å²) in [7, 11) is 0. The molecule has 0 saturated heterocycles. The molecule has 0 fully saturated rings. The van der Waals surface area contributed by atoms with Crippen LogP contribution in [0.5, 0.6) is 0 Å². The summed E-state index contributed by atoms with van der Waals surface area (Å²) < 4.78 is 0. The van der Waals surface area contributed by atoms with Gasteiger partial charge in [-0.05, 0) is 52.4 Å². The topological polar surface area (TPSA) is 80.9 Å². The van der Waals surface area contributed by atoms with Gasteiger partial charge in [0.05, 0.1) is 18.3 Å². The molecule has 0 rings (SSSR count). The summed E-state index contributed by atoms with van der Waals surface area (Å²) >= 11 is 0. The van der Waals surface area contributed by atoms with E-state index in [-0.39, 0.29) is 24.9 Å². The standard InChI is InChI=1S/C9H18O2.C9H16O2/c1-8(10)6-4-3-5-7-9(2)11;1-2-3-6-9(11)7-4-5-8-10/h3-4,8-11H,5-7H2,1-2H3;2-3,6,9-11H,1,4-5,7-8H2. The van der Waals surface area contributed by atoms with Gasteiger partial charge in [0, 0.05) is 6.61 Å². The number of aliphatic hydroxyl groups is 4. The van der Waals surface area contributed by atoms with Crippen LogP contribution in [0.15, 0.2) is 37.0 Å². The van der Waals surface area contributed by atoms with E-state index < -0.39 is 0 Å². The minimum absolute atomic E-state index is 0.206. The van der Waals surface area contributed by atoms with Crippen LogP contribution in [0.2, 0.25) is 0 Å². The maximum absolute atomic E-state index is 9.19. The van der Waals surface area contributed by atoms with E-state index in [1.165, 1.54) is 0 Å². The van der Waals surface area contributed by atoms with Gasteiger partial charge in [0.25, 0.3) is 0 Å². The Labute approximate surface area is 135 Å². The Morgan fingerprint density at radius 3 is 2.14 bits per heavy atom. The van der Waals surface area contributed by atoms with E-state index in [4.69, 9.17) is 15.3 Å². The number of hydrogen-bond donors (Lipinski definition) is 4. The Balaban J connectivity index is 0. The van der Waals surface area contributed by atoms with E-state index >= 15 is 0 Å². The van der Waals surface area contributed by atoms with E-state index in [1.54, 1.807) is 32.1 Å². The Morgan fingerprint density at radius 2 is 1.64 bits per heavy atom. The fourth-order valence-corrected chi connectivity index (χ4v) is 1.52. The fraction of sp³-hybridized carbons (Fsp3) is 0.667. The molecule has 4 nitrogen and oxygen atoms in total. The van der Waals surface area contributed by atoms with Crippen molar-refractivity contribution >= 4 is 0 Å². The lowest BCUT2D eigenvalue weighted by Crippen LogP contribution is -2.01. The molecule has 0 aliphatic heterocycles. The molecule has 4 heteroatoms. The summed E-state index contributed by atoms with van der Waals surface area (Å²) in [5, 5.41) is 35.4. The molecule has 130 valence electrons. The molecular formula is C18H34O4. The van der Waals surface area contributed by atoms with E-state index in [0.29, 0.717) is 12.8 Å². The van der Waals surface area contributed by atoms with Crippen molar-refractivity contribution in [2.75, 3.05) is 6.61 Å². The Bertz CT molecular complexity index is 283. The quantitative estimate of drug-likeness (QED) is 0.268. The van der Waals surface area contributed by atoms with E-state index in [9.17, 15) is 5.11 Å². The molecule has 22 heavy (non-hydrogen) atoms. The number of aliphatic hydroxyl groups excluding tert-OH is 4. The van der Waals surface area contributed by atoms with Gasteiger partial charge in [0.1, 0.15) is 0 Å². The molecule has 0 spiro atoms. The van der Waals surface area contributed by atoms with Crippen LogP contribution in [0.4, 0.5) is 0 Å². The predicted octanol–water partition coefficient (Wildman–Crippen LogP) is 2.73. The third-order valence-electron chi connectivity index (χ3n) is 2.77. The summed E-state index contributed by atoms with van der Waals surface area (Å²) in [6.45, 7) is 7.24. The molecule has 0 amide bonds. The van der Waals surface area contributed by atoms with E-state index in [1.807, 2.05) is 12.2 Å². The Hall–Kier alpha value is -0.940. The first kappa shape index (κ1) is 23.3. The zero-order valence-corrected chi connectivity index (χ0v) is 14.1. The lowest BCUT2D eigenvalue weighted by atomic mass is 10.1. The molecular weight excluding hydrogens is 280 g/mol. The third-order valence-corrected chi connectivity index (χ3v) is 2.77. The highest BCUT2D eigenvalue weighted by atomic mass is 16.3. The van der Waals surface area contributed by atoms with Gasteiger partial charge in [-0.15, -0.1) is 0 Å². The first-order chi connectivity index (χ1) is 10.4. The molecule has 4 N–H and O–H groups in total. The highest BCUT2D eigenvalue weighted by molar-refractivity contribution is 5.00. The summed E-state index contributed by atoms with van der Waals surface area (Å²) in [4.78, 5) is 0. The molecule has 0 saturated carbocycles. The second-order valence-corrected chi connectivity index (χ2v) is 5.39. The van der Waals surface area contributed by atoms with Crippen molar-refractivity contribution in [2.24, 2.45) is 0 Å². The average Bonchev–Trinajstić information content (AvgIpc) is 2.45. The number of allylic oxidation sites excluding steroid dienone is 3. The SMILES string of the molecule is C=CC=CC(O)CCCCO.CC(O)CC=CCCC(C)O. The van der Waals surface area contributed by atoms with Crippen LogP contribution < -0.4 is 0 Å². The van der Waals surface area contributed by atoms with Crippen molar-refractivity contribution in [2.45, 2.75) is 70.7 Å². The number of hydrogen-bond acceptors (Lipinski definition) is 4.